The molecule has 1 aliphatic rings. The predicted molar refractivity (Wildman–Crippen MR) is 68.2 cm³/mol. The number of aliphatic hydroxyl groups excluding tert-OH is 2. The number of hydrogen-bond donors (Lipinski definition) is 2. The number of carbonyl (C=O) groups is 1. The second kappa shape index (κ2) is 5.71. The topological polar surface area (TPSA) is 70.0 Å². The van der Waals surface area contributed by atoms with Gasteiger partial charge in [-0.15, -0.1) is 0 Å². The Hall–Kier alpha value is -1.07. The average Bonchev–Trinajstić information content (AvgIpc) is 2.25. The molecule has 18 heavy (non-hydrogen) atoms. The van der Waals surface area contributed by atoms with Gasteiger partial charge in [0.1, 0.15) is 5.60 Å². The van der Waals surface area contributed by atoms with Gasteiger partial charge in [-0.1, -0.05) is 13.0 Å². The first-order chi connectivity index (χ1) is 8.28. The van der Waals surface area contributed by atoms with Crippen molar-refractivity contribution in [2.24, 2.45) is 0 Å². The molecule has 1 heterocycles. The minimum Gasteiger partial charge on any atom is -0.444 e. The van der Waals surface area contributed by atoms with E-state index in [0.29, 0.717) is 6.42 Å². The van der Waals surface area contributed by atoms with Gasteiger partial charge < -0.3 is 14.9 Å². The molecule has 0 saturated carbocycles. The third kappa shape index (κ3) is 3.71. The Morgan fingerprint density at radius 2 is 2.17 bits per heavy atom. The molecule has 0 unspecified atom stereocenters. The van der Waals surface area contributed by atoms with E-state index in [4.69, 9.17) is 4.74 Å². The molecule has 5 nitrogen and oxygen atoms in total. The fourth-order valence-corrected chi connectivity index (χ4v) is 2.03. The van der Waals surface area contributed by atoms with E-state index in [0.717, 1.165) is 5.57 Å². The van der Waals surface area contributed by atoms with E-state index in [1.807, 2.05) is 6.92 Å². The minimum absolute atomic E-state index is 0.156. The number of rotatable bonds is 2. The number of hydrogen-bond acceptors (Lipinski definition) is 4. The number of aliphatic hydroxyl groups is 2. The molecule has 0 aromatic carbocycles. The monoisotopic (exact) mass is 257 g/mol. The van der Waals surface area contributed by atoms with Gasteiger partial charge in [0.15, 0.2) is 0 Å². The highest BCUT2D eigenvalue weighted by Crippen LogP contribution is 2.23. The molecule has 104 valence electrons. The second-order valence-electron chi connectivity index (χ2n) is 5.49. The van der Waals surface area contributed by atoms with E-state index in [1.165, 1.54) is 4.90 Å². The van der Waals surface area contributed by atoms with Gasteiger partial charge in [-0.2, -0.15) is 0 Å². The lowest BCUT2D eigenvalue weighted by molar-refractivity contribution is 0.00120. The molecule has 0 saturated heterocycles. The average molecular weight is 257 g/mol. The SMILES string of the molecule is CCC1=C[C@H](O)CN(C(=O)OC(C)(C)C)[C@@H]1CO. The second-order valence-corrected chi connectivity index (χ2v) is 5.49. The van der Waals surface area contributed by atoms with Crippen LogP contribution in [0.3, 0.4) is 0 Å². The molecule has 5 heteroatoms. The molecule has 0 aromatic rings. The van der Waals surface area contributed by atoms with Crippen molar-refractivity contribution in [2.75, 3.05) is 13.2 Å². The van der Waals surface area contributed by atoms with E-state index >= 15 is 0 Å². The number of nitrogens with zero attached hydrogens (tertiary/aromatic N) is 1. The molecule has 1 amide bonds. The summed E-state index contributed by atoms with van der Waals surface area (Å²) >= 11 is 0. The van der Waals surface area contributed by atoms with Gasteiger partial charge in [-0.05, 0) is 32.8 Å². The quantitative estimate of drug-likeness (QED) is 0.731. The van der Waals surface area contributed by atoms with Crippen LogP contribution in [-0.2, 0) is 4.74 Å². The van der Waals surface area contributed by atoms with Gasteiger partial charge in [0.05, 0.1) is 25.3 Å². The summed E-state index contributed by atoms with van der Waals surface area (Å²) in [5.74, 6) is 0. The highest BCUT2D eigenvalue weighted by atomic mass is 16.6. The molecular formula is C13H23NO4. The van der Waals surface area contributed by atoms with Gasteiger partial charge in [-0.3, -0.25) is 4.90 Å². The van der Waals surface area contributed by atoms with Gasteiger partial charge in [0, 0.05) is 0 Å². The van der Waals surface area contributed by atoms with Gasteiger partial charge >= 0.3 is 6.09 Å². The van der Waals surface area contributed by atoms with Crippen molar-refractivity contribution in [1.82, 2.24) is 4.90 Å². The summed E-state index contributed by atoms with van der Waals surface area (Å²) in [5, 5.41) is 19.2. The zero-order valence-corrected chi connectivity index (χ0v) is 11.5. The molecule has 2 atom stereocenters. The van der Waals surface area contributed by atoms with Crippen LogP contribution in [0.4, 0.5) is 4.79 Å². The lowest BCUT2D eigenvalue weighted by Gasteiger charge is -2.37. The number of ether oxygens (including phenoxy) is 1. The molecule has 1 rings (SSSR count). The Morgan fingerprint density at radius 1 is 1.56 bits per heavy atom. The maximum Gasteiger partial charge on any atom is 0.410 e. The molecule has 0 radical (unpaired) electrons. The first-order valence-corrected chi connectivity index (χ1v) is 6.27. The van der Waals surface area contributed by atoms with Gasteiger partial charge in [0.2, 0.25) is 0 Å². The third-order valence-electron chi connectivity index (χ3n) is 2.80. The van der Waals surface area contributed by atoms with Crippen molar-refractivity contribution in [2.45, 2.75) is 51.9 Å². The van der Waals surface area contributed by atoms with Crippen LogP contribution in [0.1, 0.15) is 34.1 Å². The van der Waals surface area contributed by atoms with Crippen LogP contribution in [0.2, 0.25) is 0 Å². The normalized spacial score (nSPS) is 24.8. The van der Waals surface area contributed by atoms with Crippen molar-refractivity contribution in [3.63, 3.8) is 0 Å². The zero-order chi connectivity index (χ0) is 13.9. The summed E-state index contributed by atoms with van der Waals surface area (Å²) in [6, 6.07) is -0.395. The van der Waals surface area contributed by atoms with Gasteiger partial charge in [-0.25, -0.2) is 4.79 Å². The van der Waals surface area contributed by atoms with E-state index in [-0.39, 0.29) is 13.2 Å². The van der Waals surface area contributed by atoms with Gasteiger partial charge in [0.25, 0.3) is 0 Å². The van der Waals surface area contributed by atoms with Crippen LogP contribution in [0.25, 0.3) is 0 Å². The Kier molecular flexibility index (Phi) is 4.76. The third-order valence-corrected chi connectivity index (χ3v) is 2.80. The summed E-state index contributed by atoms with van der Waals surface area (Å²) in [6.45, 7) is 7.29. The first-order valence-electron chi connectivity index (χ1n) is 6.27. The summed E-state index contributed by atoms with van der Waals surface area (Å²) in [5.41, 5.74) is 0.275. The maximum absolute atomic E-state index is 12.0. The lowest BCUT2D eigenvalue weighted by Crippen LogP contribution is -2.51. The molecule has 0 aliphatic carbocycles. The highest BCUT2D eigenvalue weighted by molar-refractivity contribution is 5.69. The minimum atomic E-state index is -0.699. The van der Waals surface area contributed by atoms with E-state index < -0.39 is 23.8 Å². The smallest absolute Gasteiger partial charge is 0.410 e. The number of β-amino-alcohol motifs (C(OH)–C–C–N with tert-alkyl or cyclic N) is 1. The molecule has 0 fully saturated rings. The number of amides is 1. The summed E-state index contributed by atoms with van der Waals surface area (Å²) < 4.78 is 5.29. The summed E-state index contributed by atoms with van der Waals surface area (Å²) in [4.78, 5) is 13.4. The Balaban J connectivity index is 2.87. The molecule has 1 aliphatic heterocycles. The Morgan fingerprint density at radius 3 is 2.61 bits per heavy atom. The van der Waals surface area contributed by atoms with Crippen LogP contribution < -0.4 is 0 Å². The Bertz CT molecular complexity index is 332. The van der Waals surface area contributed by atoms with Crippen LogP contribution in [0.5, 0.6) is 0 Å². The van der Waals surface area contributed by atoms with Crippen LogP contribution in [-0.4, -0.2) is 52.1 Å². The molecule has 0 bridgehead atoms. The lowest BCUT2D eigenvalue weighted by atomic mass is 9.97. The van der Waals surface area contributed by atoms with Crippen molar-refractivity contribution in [1.29, 1.82) is 0 Å². The standard InChI is InChI=1S/C13H23NO4/c1-5-9-6-10(16)7-14(11(9)8-15)12(17)18-13(2,3)4/h6,10-11,15-16H,5,7-8H2,1-4H3/t10-,11+/m0/s1. The fourth-order valence-electron chi connectivity index (χ4n) is 2.03. The fraction of sp³-hybridized carbons (Fsp3) is 0.769. The molecular weight excluding hydrogens is 234 g/mol. The first kappa shape index (κ1) is 15.0. The molecule has 2 N–H and O–H groups in total. The predicted octanol–water partition coefficient (Wildman–Crippen LogP) is 1.30. The van der Waals surface area contributed by atoms with Crippen molar-refractivity contribution in [3.05, 3.63) is 11.6 Å². The summed E-state index contributed by atoms with van der Waals surface area (Å²) in [7, 11) is 0. The van der Waals surface area contributed by atoms with Crippen molar-refractivity contribution in [3.8, 4) is 0 Å². The van der Waals surface area contributed by atoms with Crippen LogP contribution in [0.15, 0.2) is 11.6 Å². The van der Waals surface area contributed by atoms with E-state index in [9.17, 15) is 15.0 Å². The largest absolute Gasteiger partial charge is 0.444 e. The highest BCUT2D eigenvalue weighted by Gasteiger charge is 2.34. The Labute approximate surface area is 108 Å². The van der Waals surface area contributed by atoms with Crippen molar-refractivity contribution >= 4 is 6.09 Å². The van der Waals surface area contributed by atoms with Crippen LogP contribution >= 0.6 is 0 Å². The van der Waals surface area contributed by atoms with Crippen molar-refractivity contribution < 1.29 is 19.7 Å². The number of carbonyl (C=O) groups excluding carboxylic acids is 1. The zero-order valence-electron chi connectivity index (χ0n) is 11.5. The van der Waals surface area contributed by atoms with E-state index in [1.54, 1.807) is 26.8 Å². The van der Waals surface area contributed by atoms with Crippen LogP contribution in [0, 0.1) is 0 Å². The summed E-state index contributed by atoms with van der Waals surface area (Å²) in [6.07, 6.45) is 1.19. The van der Waals surface area contributed by atoms with E-state index in [2.05, 4.69) is 0 Å². The molecule has 0 spiro atoms. The maximum atomic E-state index is 12.0. The molecule has 0 aromatic heterocycles.